The van der Waals surface area contributed by atoms with Crippen molar-refractivity contribution >= 4 is 11.1 Å². The summed E-state index contributed by atoms with van der Waals surface area (Å²) in [6.45, 7) is 4.91. The standard InChI is InChI=1S/C29H31NO4/c1-2-15-30-16-17-32-25-12-7-22(8-13-25)28(21-5-10-24(31)11-6-21)29(20-3-4-20)23-9-14-26-27(18-23)34-19-33-26/h5-14,18,20,30-31H,2-4,15-17,19H2,1H3. The van der Waals surface area contributed by atoms with Crippen molar-refractivity contribution in [3.63, 3.8) is 0 Å². The molecule has 0 atom stereocenters. The minimum Gasteiger partial charge on any atom is -0.508 e. The highest BCUT2D eigenvalue weighted by molar-refractivity contribution is 6.00. The molecule has 0 amide bonds. The van der Waals surface area contributed by atoms with E-state index < -0.39 is 0 Å². The molecule has 1 saturated carbocycles. The maximum atomic E-state index is 9.90. The summed E-state index contributed by atoms with van der Waals surface area (Å²) in [4.78, 5) is 0. The highest BCUT2D eigenvalue weighted by atomic mass is 16.7. The van der Waals surface area contributed by atoms with E-state index in [4.69, 9.17) is 14.2 Å². The van der Waals surface area contributed by atoms with Crippen molar-refractivity contribution in [3.05, 3.63) is 83.4 Å². The summed E-state index contributed by atoms with van der Waals surface area (Å²) in [5.41, 5.74) is 5.84. The van der Waals surface area contributed by atoms with Crippen molar-refractivity contribution < 1.29 is 19.3 Å². The third-order valence-corrected chi connectivity index (χ3v) is 6.21. The predicted octanol–water partition coefficient (Wildman–Crippen LogP) is 5.87. The van der Waals surface area contributed by atoms with Crippen LogP contribution in [0.3, 0.4) is 0 Å². The molecule has 0 aromatic heterocycles. The van der Waals surface area contributed by atoms with Crippen molar-refractivity contribution in [2.75, 3.05) is 26.5 Å². The fraction of sp³-hybridized carbons (Fsp3) is 0.310. The van der Waals surface area contributed by atoms with Gasteiger partial charge in [-0.2, -0.15) is 0 Å². The zero-order valence-corrected chi connectivity index (χ0v) is 19.5. The van der Waals surface area contributed by atoms with Crippen molar-refractivity contribution in [1.82, 2.24) is 5.32 Å². The van der Waals surface area contributed by atoms with E-state index in [0.29, 0.717) is 12.5 Å². The summed E-state index contributed by atoms with van der Waals surface area (Å²) in [6.07, 6.45) is 3.45. The summed E-state index contributed by atoms with van der Waals surface area (Å²) >= 11 is 0. The molecule has 1 heterocycles. The molecule has 2 aliphatic rings. The van der Waals surface area contributed by atoms with Gasteiger partial charge in [0.15, 0.2) is 11.5 Å². The summed E-state index contributed by atoms with van der Waals surface area (Å²) in [7, 11) is 0. The Labute approximate surface area is 201 Å². The molecule has 1 aliphatic heterocycles. The molecule has 0 saturated heterocycles. The normalized spacial score (nSPS) is 15.2. The zero-order valence-electron chi connectivity index (χ0n) is 19.5. The third-order valence-electron chi connectivity index (χ3n) is 6.21. The van der Waals surface area contributed by atoms with E-state index in [1.165, 1.54) is 11.1 Å². The molecule has 5 rings (SSSR count). The summed E-state index contributed by atoms with van der Waals surface area (Å²) in [5, 5.41) is 13.3. The molecule has 3 aromatic carbocycles. The fourth-order valence-corrected chi connectivity index (χ4v) is 4.39. The van der Waals surface area contributed by atoms with E-state index in [1.54, 1.807) is 12.1 Å². The second-order valence-electron chi connectivity index (χ2n) is 8.80. The molecule has 0 radical (unpaired) electrons. The lowest BCUT2D eigenvalue weighted by molar-refractivity contribution is 0.174. The number of phenols is 1. The molecule has 0 unspecified atom stereocenters. The van der Waals surface area contributed by atoms with Crippen molar-refractivity contribution in [1.29, 1.82) is 0 Å². The van der Waals surface area contributed by atoms with Gasteiger partial charge in [0.05, 0.1) is 0 Å². The fourth-order valence-electron chi connectivity index (χ4n) is 4.39. The smallest absolute Gasteiger partial charge is 0.231 e. The number of benzene rings is 3. The van der Waals surface area contributed by atoms with Gasteiger partial charge in [-0.05, 0) is 96.0 Å². The Morgan fingerprint density at radius 1 is 0.882 bits per heavy atom. The molecule has 0 bridgehead atoms. The van der Waals surface area contributed by atoms with Gasteiger partial charge in [0.2, 0.25) is 6.79 Å². The summed E-state index contributed by atoms with van der Waals surface area (Å²) < 4.78 is 17.1. The topological polar surface area (TPSA) is 60.0 Å². The van der Waals surface area contributed by atoms with Crippen molar-refractivity contribution in [2.45, 2.75) is 26.2 Å². The number of hydrogen-bond acceptors (Lipinski definition) is 5. The molecule has 0 spiro atoms. The Morgan fingerprint density at radius 2 is 1.56 bits per heavy atom. The van der Waals surface area contributed by atoms with Crippen LogP contribution in [-0.4, -0.2) is 31.6 Å². The lowest BCUT2D eigenvalue weighted by Gasteiger charge is -2.18. The maximum Gasteiger partial charge on any atom is 0.231 e. The SMILES string of the molecule is CCCNCCOc1ccc(C(=C(c2ccc3c(c2)OCO3)C2CC2)c2ccc(O)cc2)cc1. The maximum absolute atomic E-state index is 9.90. The van der Waals surface area contributed by atoms with Crippen LogP contribution in [0.2, 0.25) is 0 Å². The van der Waals surface area contributed by atoms with Gasteiger partial charge >= 0.3 is 0 Å². The number of nitrogens with one attached hydrogen (secondary N) is 1. The average Bonchev–Trinajstić information content (AvgIpc) is 3.59. The van der Waals surface area contributed by atoms with Gasteiger partial charge in [-0.25, -0.2) is 0 Å². The number of aromatic hydroxyl groups is 1. The first-order valence-electron chi connectivity index (χ1n) is 12.1. The third kappa shape index (κ3) is 5.05. The van der Waals surface area contributed by atoms with E-state index in [-0.39, 0.29) is 12.5 Å². The Balaban J connectivity index is 1.52. The average molecular weight is 458 g/mol. The molecule has 176 valence electrons. The lowest BCUT2D eigenvalue weighted by atomic mass is 9.87. The summed E-state index contributed by atoms with van der Waals surface area (Å²) in [5.74, 6) is 3.20. The van der Waals surface area contributed by atoms with Gasteiger partial charge in [0, 0.05) is 6.54 Å². The Morgan fingerprint density at radius 3 is 2.26 bits per heavy atom. The number of rotatable bonds is 10. The quantitative estimate of drug-likeness (QED) is 0.295. The van der Waals surface area contributed by atoms with Gasteiger partial charge in [-0.3, -0.25) is 0 Å². The molecule has 2 N–H and O–H groups in total. The molecular formula is C29H31NO4. The van der Waals surface area contributed by atoms with Crippen molar-refractivity contribution in [3.8, 4) is 23.0 Å². The lowest BCUT2D eigenvalue weighted by Crippen LogP contribution is -2.21. The van der Waals surface area contributed by atoms with Crippen LogP contribution >= 0.6 is 0 Å². The van der Waals surface area contributed by atoms with Gasteiger partial charge in [-0.1, -0.05) is 37.3 Å². The van der Waals surface area contributed by atoms with Crippen LogP contribution in [0.25, 0.3) is 11.1 Å². The molecule has 5 nitrogen and oxygen atoms in total. The van der Waals surface area contributed by atoms with Gasteiger partial charge < -0.3 is 24.6 Å². The van der Waals surface area contributed by atoms with E-state index in [1.807, 2.05) is 30.3 Å². The first-order valence-corrected chi connectivity index (χ1v) is 12.1. The highest BCUT2D eigenvalue weighted by Crippen LogP contribution is 2.49. The van der Waals surface area contributed by atoms with E-state index in [0.717, 1.165) is 66.3 Å². The van der Waals surface area contributed by atoms with Gasteiger partial charge in [-0.15, -0.1) is 0 Å². The second-order valence-corrected chi connectivity index (χ2v) is 8.80. The van der Waals surface area contributed by atoms with E-state index in [9.17, 15) is 5.11 Å². The molecular weight excluding hydrogens is 426 g/mol. The number of ether oxygens (including phenoxy) is 3. The number of allylic oxidation sites excluding steroid dienone is 1. The Hall–Kier alpha value is -3.44. The van der Waals surface area contributed by atoms with E-state index >= 15 is 0 Å². The monoisotopic (exact) mass is 457 g/mol. The van der Waals surface area contributed by atoms with Gasteiger partial charge in [0.25, 0.3) is 0 Å². The molecule has 34 heavy (non-hydrogen) atoms. The predicted molar refractivity (Wildman–Crippen MR) is 134 cm³/mol. The Kier molecular flexibility index (Phi) is 6.72. The Bertz CT molecular complexity index is 1150. The van der Waals surface area contributed by atoms with Crippen LogP contribution in [0.5, 0.6) is 23.0 Å². The van der Waals surface area contributed by atoms with Crippen LogP contribution in [-0.2, 0) is 0 Å². The van der Waals surface area contributed by atoms with E-state index in [2.05, 4.69) is 36.5 Å². The first-order chi connectivity index (χ1) is 16.7. The molecule has 1 aliphatic carbocycles. The zero-order chi connectivity index (χ0) is 23.3. The van der Waals surface area contributed by atoms with Crippen LogP contribution in [0.4, 0.5) is 0 Å². The highest BCUT2D eigenvalue weighted by Gasteiger charge is 2.31. The largest absolute Gasteiger partial charge is 0.508 e. The van der Waals surface area contributed by atoms with Crippen LogP contribution < -0.4 is 19.5 Å². The van der Waals surface area contributed by atoms with Crippen molar-refractivity contribution in [2.24, 2.45) is 5.92 Å². The minimum absolute atomic E-state index is 0.264. The van der Waals surface area contributed by atoms with Crippen LogP contribution in [0, 0.1) is 5.92 Å². The number of hydrogen-bond donors (Lipinski definition) is 2. The van der Waals surface area contributed by atoms with Crippen LogP contribution in [0.1, 0.15) is 42.9 Å². The minimum atomic E-state index is 0.264. The summed E-state index contributed by atoms with van der Waals surface area (Å²) in [6, 6.07) is 22.0. The molecule has 1 fully saturated rings. The van der Waals surface area contributed by atoms with Crippen LogP contribution in [0.15, 0.2) is 66.7 Å². The molecule has 5 heteroatoms. The second kappa shape index (κ2) is 10.2. The first kappa shape index (κ1) is 22.4. The number of phenolic OH excluding ortho intramolecular Hbond substituents is 1. The molecule has 3 aromatic rings. The van der Waals surface area contributed by atoms with Gasteiger partial charge in [0.1, 0.15) is 18.1 Å². The number of fused-ring (bicyclic) bond motifs is 1.